The lowest BCUT2D eigenvalue weighted by molar-refractivity contribution is -0.125. The van der Waals surface area contributed by atoms with Gasteiger partial charge >= 0.3 is 5.97 Å². The summed E-state index contributed by atoms with van der Waals surface area (Å²) in [4.78, 5) is 38.0. The van der Waals surface area contributed by atoms with E-state index >= 15 is 0 Å². The number of hydrogen-bond donors (Lipinski definition) is 1. The van der Waals surface area contributed by atoms with Crippen LogP contribution in [0.25, 0.3) is 0 Å². The van der Waals surface area contributed by atoms with Crippen LogP contribution in [0.5, 0.6) is 0 Å². The number of amides is 2. The fraction of sp³-hybridized carbons (Fsp3) is 0.348. The fourth-order valence-electron chi connectivity index (χ4n) is 3.45. The lowest BCUT2D eigenvalue weighted by Gasteiger charge is -2.18. The fourth-order valence-corrected chi connectivity index (χ4v) is 3.45. The number of ether oxygens (including phenoxy) is 1. The second kappa shape index (κ2) is 9.87. The van der Waals surface area contributed by atoms with Crippen molar-refractivity contribution < 1.29 is 19.1 Å². The third-order valence-electron chi connectivity index (χ3n) is 4.94. The van der Waals surface area contributed by atoms with Gasteiger partial charge in [-0.1, -0.05) is 43.7 Å². The average Bonchev–Trinajstić information content (AvgIpc) is 3.18. The van der Waals surface area contributed by atoms with E-state index < -0.39 is 5.97 Å². The van der Waals surface area contributed by atoms with Crippen molar-refractivity contribution in [2.24, 2.45) is 0 Å². The lowest BCUT2D eigenvalue weighted by atomic mass is 10.0. The highest BCUT2D eigenvalue weighted by Gasteiger charge is 2.22. The standard InChI is InChI=1S/C23H26N2O4/c1-2-7-20(17-8-4-3-5-9-17)24-21(26)16-29-23(28)18-11-13-19(14-12-18)25-15-6-10-22(25)27/h3-5,8-9,11-14,20H,2,6-7,10,15-16H2,1H3,(H,24,26)/t20-/m1/s1. The average molecular weight is 394 g/mol. The van der Waals surface area contributed by atoms with E-state index in [1.165, 1.54) is 0 Å². The van der Waals surface area contributed by atoms with Gasteiger partial charge in [0.15, 0.2) is 6.61 Å². The SMILES string of the molecule is CCC[C@@H](NC(=O)COC(=O)c1ccc(N2CCCC2=O)cc1)c1ccccc1. The van der Waals surface area contributed by atoms with E-state index in [0.717, 1.165) is 30.5 Å². The van der Waals surface area contributed by atoms with Crippen molar-refractivity contribution in [3.8, 4) is 0 Å². The van der Waals surface area contributed by atoms with Crippen molar-refractivity contribution in [1.29, 1.82) is 0 Å². The van der Waals surface area contributed by atoms with Crippen LogP contribution in [0.2, 0.25) is 0 Å². The van der Waals surface area contributed by atoms with Crippen LogP contribution in [-0.2, 0) is 14.3 Å². The van der Waals surface area contributed by atoms with Gasteiger partial charge in [0.25, 0.3) is 5.91 Å². The third-order valence-corrected chi connectivity index (χ3v) is 4.94. The predicted molar refractivity (Wildman–Crippen MR) is 111 cm³/mol. The molecule has 0 radical (unpaired) electrons. The molecular formula is C23H26N2O4. The predicted octanol–water partition coefficient (Wildman–Crippen LogP) is 3.63. The summed E-state index contributed by atoms with van der Waals surface area (Å²) in [5.74, 6) is -0.803. The monoisotopic (exact) mass is 394 g/mol. The number of nitrogens with one attached hydrogen (secondary N) is 1. The van der Waals surface area contributed by atoms with Crippen LogP contribution in [0.15, 0.2) is 54.6 Å². The number of nitrogens with zero attached hydrogens (tertiary/aromatic N) is 1. The van der Waals surface area contributed by atoms with Crippen molar-refractivity contribution in [2.45, 2.75) is 38.6 Å². The van der Waals surface area contributed by atoms with Gasteiger partial charge in [0.05, 0.1) is 11.6 Å². The molecule has 0 unspecified atom stereocenters. The summed E-state index contributed by atoms with van der Waals surface area (Å²) in [6.45, 7) is 2.42. The minimum Gasteiger partial charge on any atom is -0.452 e. The molecule has 1 atom stereocenters. The Kier molecular flexibility index (Phi) is 7.00. The number of carbonyl (C=O) groups excluding carboxylic acids is 3. The highest BCUT2D eigenvalue weighted by atomic mass is 16.5. The quantitative estimate of drug-likeness (QED) is 0.694. The minimum atomic E-state index is -0.564. The molecule has 1 aliphatic rings. The summed E-state index contributed by atoms with van der Waals surface area (Å²) in [7, 11) is 0. The van der Waals surface area contributed by atoms with Crippen LogP contribution < -0.4 is 10.2 Å². The number of benzene rings is 2. The molecule has 1 aliphatic heterocycles. The van der Waals surface area contributed by atoms with Crippen LogP contribution in [0.4, 0.5) is 5.69 Å². The van der Waals surface area contributed by atoms with Gasteiger partial charge in [-0.3, -0.25) is 9.59 Å². The molecule has 0 spiro atoms. The van der Waals surface area contributed by atoms with Gasteiger partial charge in [0, 0.05) is 18.7 Å². The Labute approximate surface area is 170 Å². The Morgan fingerprint density at radius 3 is 2.45 bits per heavy atom. The summed E-state index contributed by atoms with van der Waals surface area (Å²) in [5, 5.41) is 2.93. The summed E-state index contributed by atoms with van der Waals surface area (Å²) in [6, 6.07) is 16.3. The van der Waals surface area contributed by atoms with Gasteiger partial charge in [-0.2, -0.15) is 0 Å². The van der Waals surface area contributed by atoms with E-state index in [-0.39, 0.29) is 24.5 Å². The van der Waals surface area contributed by atoms with E-state index in [9.17, 15) is 14.4 Å². The van der Waals surface area contributed by atoms with E-state index in [2.05, 4.69) is 12.2 Å². The van der Waals surface area contributed by atoms with E-state index in [1.54, 1.807) is 29.2 Å². The largest absolute Gasteiger partial charge is 0.452 e. The third kappa shape index (κ3) is 5.44. The molecule has 0 aromatic heterocycles. The summed E-state index contributed by atoms with van der Waals surface area (Å²) in [5.41, 5.74) is 2.15. The molecule has 1 saturated heterocycles. The van der Waals surface area contributed by atoms with Crippen LogP contribution in [0.3, 0.4) is 0 Å². The Bertz CT molecular complexity index is 849. The summed E-state index contributed by atoms with van der Waals surface area (Å²) < 4.78 is 5.16. The molecular weight excluding hydrogens is 368 g/mol. The van der Waals surface area contributed by atoms with E-state index in [0.29, 0.717) is 18.5 Å². The molecule has 29 heavy (non-hydrogen) atoms. The maximum atomic E-state index is 12.3. The van der Waals surface area contributed by atoms with Gasteiger partial charge in [0.1, 0.15) is 0 Å². The van der Waals surface area contributed by atoms with Gasteiger partial charge in [0.2, 0.25) is 5.91 Å². The number of hydrogen-bond acceptors (Lipinski definition) is 4. The number of esters is 1. The highest BCUT2D eigenvalue weighted by molar-refractivity contribution is 5.96. The van der Waals surface area contributed by atoms with Crippen molar-refractivity contribution in [3.05, 3.63) is 65.7 Å². The molecule has 6 nitrogen and oxygen atoms in total. The zero-order chi connectivity index (χ0) is 20.6. The Morgan fingerprint density at radius 1 is 1.10 bits per heavy atom. The molecule has 2 aromatic carbocycles. The van der Waals surface area contributed by atoms with Crippen LogP contribution in [0, 0.1) is 0 Å². The van der Waals surface area contributed by atoms with E-state index in [4.69, 9.17) is 4.74 Å². The Hall–Kier alpha value is -3.15. The number of anilines is 1. The second-order valence-corrected chi connectivity index (χ2v) is 7.09. The molecule has 1 fully saturated rings. The topological polar surface area (TPSA) is 75.7 Å². The summed E-state index contributed by atoms with van der Waals surface area (Å²) >= 11 is 0. The Balaban J connectivity index is 1.52. The van der Waals surface area contributed by atoms with Crippen molar-refractivity contribution in [1.82, 2.24) is 5.32 Å². The van der Waals surface area contributed by atoms with E-state index in [1.807, 2.05) is 30.3 Å². The first-order valence-corrected chi connectivity index (χ1v) is 10.0. The van der Waals surface area contributed by atoms with Gasteiger partial charge in [-0.05, 0) is 42.7 Å². The molecule has 0 aliphatic carbocycles. The molecule has 1 N–H and O–H groups in total. The van der Waals surface area contributed by atoms with Crippen molar-refractivity contribution in [3.63, 3.8) is 0 Å². The molecule has 6 heteroatoms. The molecule has 3 rings (SSSR count). The number of rotatable bonds is 8. The zero-order valence-corrected chi connectivity index (χ0v) is 16.6. The lowest BCUT2D eigenvalue weighted by Crippen LogP contribution is -2.32. The maximum Gasteiger partial charge on any atom is 0.338 e. The molecule has 1 heterocycles. The second-order valence-electron chi connectivity index (χ2n) is 7.09. The molecule has 152 valence electrons. The van der Waals surface area contributed by atoms with Gasteiger partial charge in [-0.15, -0.1) is 0 Å². The minimum absolute atomic E-state index is 0.0945. The molecule has 0 bridgehead atoms. The maximum absolute atomic E-state index is 12.3. The van der Waals surface area contributed by atoms with Gasteiger partial charge < -0.3 is 15.0 Å². The zero-order valence-electron chi connectivity index (χ0n) is 16.6. The first-order chi connectivity index (χ1) is 14.1. The van der Waals surface area contributed by atoms with Crippen LogP contribution in [-0.4, -0.2) is 30.9 Å². The first kappa shape index (κ1) is 20.6. The molecule has 0 saturated carbocycles. The molecule has 2 amide bonds. The molecule has 2 aromatic rings. The van der Waals surface area contributed by atoms with Crippen LogP contribution >= 0.6 is 0 Å². The van der Waals surface area contributed by atoms with Crippen molar-refractivity contribution in [2.75, 3.05) is 18.1 Å². The first-order valence-electron chi connectivity index (χ1n) is 10.0. The number of carbonyl (C=O) groups is 3. The summed E-state index contributed by atoms with van der Waals surface area (Å²) in [6.07, 6.45) is 3.13. The normalized spacial score (nSPS) is 14.5. The Morgan fingerprint density at radius 2 is 1.83 bits per heavy atom. The highest BCUT2D eigenvalue weighted by Crippen LogP contribution is 2.22. The van der Waals surface area contributed by atoms with Crippen molar-refractivity contribution >= 4 is 23.5 Å². The van der Waals surface area contributed by atoms with Gasteiger partial charge in [-0.25, -0.2) is 4.79 Å². The smallest absolute Gasteiger partial charge is 0.338 e. The van der Waals surface area contributed by atoms with Crippen LogP contribution in [0.1, 0.15) is 54.6 Å².